The summed E-state index contributed by atoms with van der Waals surface area (Å²) in [6.45, 7) is 4.64. The normalized spacial score (nSPS) is 9.89. The highest BCUT2D eigenvalue weighted by Crippen LogP contribution is 2.14. The molecule has 98 valence electrons. The summed E-state index contributed by atoms with van der Waals surface area (Å²) in [4.78, 5) is 24.5. The molecule has 0 aliphatic rings. The summed E-state index contributed by atoms with van der Waals surface area (Å²) in [7, 11) is 0. The van der Waals surface area contributed by atoms with Crippen LogP contribution in [0.5, 0.6) is 0 Å². The van der Waals surface area contributed by atoms with Gasteiger partial charge in [-0.3, -0.25) is 9.59 Å². The van der Waals surface area contributed by atoms with Crippen molar-refractivity contribution < 1.29 is 9.59 Å². The van der Waals surface area contributed by atoms with Crippen molar-refractivity contribution >= 4 is 17.5 Å². The Kier molecular flexibility index (Phi) is 5.91. The molecule has 0 spiro atoms. The van der Waals surface area contributed by atoms with Crippen LogP contribution in [0.25, 0.3) is 0 Å². The number of carbonyl (C=O) groups is 2. The molecule has 0 aliphatic heterocycles. The first-order valence-electron chi connectivity index (χ1n) is 6.25. The molecule has 1 rings (SSSR count). The Hall–Kier alpha value is -1.84. The Labute approximate surface area is 108 Å². The molecule has 18 heavy (non-hydrogen) atoms. The first-order chi connectivity index (χ1) is 8.65. The van der Waals surface area contributed by atoms with Crippen molar-refractivity contribution in [3.05, 3.63) is 30.3 Å². The smallest absolute Gasteiger partial charge is 0.227 e. The van der Waals surface area contributed by atoms with Crippen LogP contribution in [0, 0.1) is 0 Å². The highest BCUT2D eigenvalue weighted by Gasteiger charge is 2.12. The van der Waals surface area contributed by atoms with E-state index in [1.165, 1.54) is 6.92 Å². The molecule has 0 saturated heterocycles. The summed E-state index contributed by atoms with van der Waals surface area (Å²) in [6, 6.07) is 9.62. The van der Waals surface area contributed by atoms with Gasteiger partial charge in [0.05, 0.1) is 0 Å². The molecule has 1 aromatic carbocycles. The van der Waals surface area contributed by atoms with Crippen LogP contribution in [0.1, 0.15) is 26.7 Å². The van der Waals surface area contributed by atoms with Gasteiger partial charge in [0, 0.05) is 32.1 Å². The highest BCUT2D eigenvalue weighted by molar-refractivity contribution is 5.93. The molecule has 0 radical (unpaired) electrons. The van der Waals surface area contributed by atoms with E-state index < -0.39 is 0 Å². The maximum atomic E-state index is 12.0. The van der Waals surface area contributed by atoms with Gasteiger partial charge in [-0.2, -0.15) is 0 Å². The molecule has 0 atom stereocenters. The van der Waals surface area contributed by atoms with Crippen molar-refractivity contribution in [3.8, 4) is 0 Å². The average Bonchev–Trinajstić information content (AvgIpc) is 2.36. The number of hydrogen-bond acceptors (Lipinski definition) is 2. The molecule has 0 fully saturated rings. The molecule has 2 amide bonds. The minimum atomic E-state index is -0.0575. The van der Waals surface area contributed by atoms with E-state index in [1.54, 1.807) is 4.90 Å². The van der Waals surface area contributed by atoms with Crippen molar-refractivity contribution in [2.75, 3.05) is 18.0 Å². The van der Waals surface area contributed by atoms with Gasteiger partial charge in [0.1, 0.15) is 0 Å². The number of benzene rings is 1. The number of carbonyl (C=O) groups excluding carboxylic acids is 2. The summed E-state index contributed by atoms with van der Waals surface area (Å²) in [5, 5.41) is 2.69. The van der Waals surface area contributed by atoms with Crippen LogP contribution in [-0.2, 0) is 9.59 Å². The van der Waals surface area contributed by atoms with Crippen LogP contribution >= 0.6 is 0 Å². The molecule has 0 heterocycles. The lowest BCUT2D eigenvalue weighted by Gasteiger charge is -2.21. The Balaban J connectivity index is 2.46. The second-order valence-electron chi connectivity index (χ2n) is 4.06. The molecule has 0 unspecified atom stereocenters. The van der Waals surface area contributed by atoms with Gasteiger partial charge in [-0.25, -0.2) is 0 Å². The number of nitrogens with one attached hydrogen (secondary N) is 1. The lowest BCUT2D eigenvalue weighted by atomic mass is 10.2. The Morgan fingerprint density at radius 1 is 1.22 bits per heavy atom. The summed E-state index contributed by atoms with van der Waals surface area (Å²) in [5.74, 6) is 0.0342. The Morgan fingerprint density at radius 3 is 2.44 bits per heavy atom. The molecular formula is C14H20N2O2. The maximum Gasteiger partial charge on any atom is 0.227 e. The lowest BCUT2D eigenvalue weighted by molar-refractivity contribution is -0.120. The fourth-order valence-electron chi connectivity index (χ4n) is 1.75. The summed E-state index contributed by atoms with van der Waals surface area (Å²) >= 11 is 0. The molecule has 0 aliphatic carbocycles. The van der Waals surface area contributed by atoms with Gasteiger partial charge in [-0.05, 0) is 25.5 Å². The molecular weight excluding hydrogens is 228 g/mol. The van der Waals surface area contributed by atoms with Gasteiger partial charge in [0.25, 0.3) is 0 Å². The Morgan fingerprint density at radius 2 is 1.89 bits per heavy atom. The van der Waals surface area contributed by atoms with E-state index in [2.05, 4.69) is 5.32 Å². The minimum absolute atomic E-state index is 0.0575. The third-order valence-electron chi connectivity index (χ3n) is 2.63. The van der Waals surface area contributed by atoms with Crippen molar-refractivity contribution in [2.24, 2.45) is 0 Å². The monoisotopic (exact) mass is 248 g/mol. The standard InChI is InChI=1S/C14H20N2O2/c1-3-16(13-8-5-4-6-9-13)14(18)10-7-11-15-12(2)17/h4-6,8-9H,3,7,10-11H2,1-2H3,(H,15,17). The fourth-order valence-corrected chi connectivity index (χ4v) is 1.75. The summed E-state index contributed by atoms with van der Waals surface area (Å²) < 4.78 is 0. The zero-order valence-electron chi connectivity index (χ0n) is 11.0. The second kappa shape index (κ2) is 7.48. The molecule has 1 aromatic rings. The Bertz CT molecular complexity index is 390. The molecule has 1 N–H and O–H groups in total. The minimum Gasteiger partial charge on any atom is -0.356 e. The summed E-state index contributed by atoms with van der Waals surface area (Å²) in [6.07, 6.45) is 1.12. The topological polar surface area (TPSA) is 49.4 Å². The van der Waals surface area contributed by atoms with Gasteiger partial charge in [0.15, 0.2) is 0 Å². The number of rotatable bonds is 6. The average molecular weight is 248 g/mol. The quantitative estimate of drug-likeness (QED) is 0.782. The van der Waals surface area contributed by atoms with E-state index in [4.69, 9.17) is 0 Å². The van der Waals surface area contributed by atoms with E-state index in [9.17, 15) is 9.59 Å². The number of nitrogens with zero attached hydrogens (tertiary/aromatic N) is 1. The van der Waals surface area contributed by atoms with Gasteiger partial charge < -0.3 is 10.2 Å². The summed E-state index contributed by atoms with van der Waals surface area (Å²) in [5.41, 5.74) is 0.921. The second-order valence-corrected chi connectivity index (χ2v) is 4.06. The lowest BCUT2D eigenvalue weighted by Crippen LogP contribution is -2.31. The number of hydrogen-bond donors (Lipinski definition) is 1. The van der Waals surface area contributed by atoms with E-state index in [1.807, 2.05) is 37.3 Å². The van der Waals surface area contributed by atoms with Crippen LogP contribution in [0.15, 0.2) is 30.3 Å². The largest absolute Gasteiger partial charge is 0.356 e. The maximum absolute atomic E-state index is 12.0. The van der Waals surface area contributed by atoms with E-state index in [-0.39, 0.29) is 11.8 Å². The van der Waals surface area contributed by atoms with E-state index >= 15 is 0 Å². The molecule has 0 bridgehead atoms. The first kappa shape index (κ1) is 14.2. The van der Waals surface area contributed by atoms with E-state index in [0.717, 1.165) is 5.69 Å². The van der Waals surface area contributed by atoms with Crippen LogP contribution in [0.2, 0.25) is 0 Å². The number of anilines is 1. The van der Waals surface area contributed by atoms with Crippen molar-refractivity contribution in [1.29, 1.82) is 0 Å². The molecule has 0 aromatic heterocycles. The predicted molar refractivity (Wildman–Crippen MR) is 72.4 cm³/mol. The highest BCUT2D eigenvalue weighted by atomic mass is 16.2. The van der Waals surface area contributed by atoms with Crippen LogP contribution in [-0.4, -0.2) is 24.9 Å². The SMILES string of the molecule is CCN(C(=O)CCCNC(C)=O)c1ccccc1. The molecule has 4 heteroatoms. The van der Waals surface area contributed by atoms with Crippen molar-refractivity contribution in [2.45, 2.75) is 26.7 Å². The van der Waals surface area contributed by atoms with Gasteiger partial charge >= 0.3 is 0 Å². The van der Waals surface area contributed by atoms with Crippen LogP contribution in [0.3, 0.4) is 0 Å². The van der Waals surface area contributed by atoms with Gasteiger partial charge in [-0.1, -0.05) is 18.2 Å². The first-order valence-corrected chi connectivity index (χ1v) is 6.25. The van der Waals surface area contributed by atoms with Crippen molar-refractivity contribution in [3.63, 3.8) is 0 Å². The number of para-hydroxylation sites is 1. The zero-order valence-corrected chi connectivity index (χ0v) is 11.0. The van der Waals surface area contributed by atoms with Crippen LogP contribution in [0.4, 0.5) is 5.69 Å². The molecule has 4 nitrogen and oxygen atoms in total. The van der Waals surface area contributed by atoms with Gasteiger partial charge in [-0.15, -0.1) is 0 Å². The zero-order chi connectivity index (χ0) is 13.4. The third kappa shape index (κ3) is 4.57. The number of amides is 2. The third-order valence-corrected chi connectivity index (χ3v) is 2.63. The molecule has 0 saturated carbocycles. The van der Waals surface area contributed by atoms with Crippen molar-refractivity contribution in [1.82, 2.24) is 5.32 Å². The van der Waals surface area contributed by atoms with Gasteiger partial charge in [0.2, 0.25) is 11.8 Å². The predicted octanol–water partition coefficient (Wildman–Crippen LogP) is 1.96. The fraction of sp³-hybridized carbons (Fsp3) is 0.429. The van der Waals surface area contributed by atoms with E-state index in [0.29, 0.717) is 25.9 Å². The van der Waals surface area contributed by atoms with Crippen LogP contribution < -0.4 is 10.2 Å².